The number of hydrogen-bond acceptors (Lipinski definition) is 7. The van der Waals surface area contributed by atoms with E-state index in [4.69, 9.17) is 10.3 Å². The van der Waals surface area contributed by atoms with E-state index in [1.807, 2.05) is 58.0 Å². The summed E-state index contributed by atoms with van der Waals surface area (Å²) in [7, 11) is 0. The summed E-state index contributed by atoms with van der Waals surface area (Å²) in [5.74, 6) is -0.699. The quantitative estimate of drug-likeness (QED) is 0.169. The number of carbonyl (C=O) groups excluding carboxylic acids is 2. The van der Waals surface area contributed by atoms with Crippen molar-refractivity contribution in [1.29, 1.82) is 0 Å². The minimum absolute atomic E-state index is 0.0467. The highest BCUT2D eigenvalue weighted by Crippen LogP contribution is 2.31. The number of carbonyl (C=O) groups is 2. The van der Waals surface area contributed by atoms with E-state index in [1.54, 1.807) is 5.38 Å². The Morgan fingerprint density at radius 1 is 1.24 bits per heavy atom. The lowest BCUT2D eigenvalue weighted by Gasteiger charge is -2.25. The first-order valence-corrected chi connectivity index (χ1v) is 12.1. The number of ketones is 1. The molecular weight excluding hydrogens is 440 g/mol. The molecule has 2 rings (SSSR count). The SMILES string of the molecule is CC[C@H](C)[C@H](N=[N+]=[N-])C(=O)C[C@H](C[C@@H](O)c1nc(C(=O)OCc2ccccc2)cs1)C(C)C. The third-order valence-corrected chi connectivity index (χ3v) is 6.80. The fraction of sp³-hybridized carbons (Fsp3) is 0.542. The van der Waals surface area contributed by atoms with Crippen molar-refractivity contribution >= 4 is 23.1 Å². The van der Waals surface area contributed by atoms with Gasteiger partial charge in [-0.15, -0.1) is 11.3 Å². The number of Topliss-reactive ketones (excluding diaryl/α,β-unsaturated/α-hetero) is 1. The van der Waals surface area contributed by atoms with Crippen LogP contribution in [-0.4, -0.2) is 27.9 Å². The summed E-state index contributed by atoms with van der Waals surface area (Å²) in [5, 5.41) is 16.5. The maximum atomic E-state index is 12.8. The fourth-order valence-corrected chi connectivity index (χ4v) is 4.25. The molecule has 0 aliphatic rings. The van der Waals surface area contributed by atoms with Gasteiger partial charge in [0.2, 0.25) is 0 Å². The van der Waals surface area contributed by atoms with Crippen LogP contribution in [0.5, 0.6) is 0 Å². The average Bonchev–Trinajstić information content (AvgIpc) is 3.31. The molecule has 1 aromatic carbocycles. The predicted molar refractivity (Wildman–Crippen MR) is 128 cm³/mol. The van der Waals surface area contributed by atoms with Crippen molar-refractivity contribution in [3.05, 3.63) is 62.4 Å². The number of thiazole rings is 1. The van der Waals surface area contributed by atoms with Crippen molar-refractivity contribution in [1.82, 2.24) is 4.98 Å². The molecule has 8 nitrogen and oxygen atoms in total. The van der Waals surface area contributed by atoms with Crippen molar-refractivity contribution in [3.8, 4) is 0 Å². The monoisotopic (exact) mass is 472 g/mol. The molecule has 0 radical (unpaired) electrons. The molecule has 0 unspecified atom stereocenters. The second-order valence-corrected chi connectivity index (χ2v) is 9.48. The first-order chi connectivity index (χ1) is 15.8. The topological polar surface area (TPSA) is 125 Å². The van der Waals surface area contributed by atoms with Gasteiger partial charge in [-0.3, -0.25) is 4.79 Å². The van der Waals surface area contributed by atoms with E-state index in [1.165, 1.54) is 11.3 Å². The zero-order valence-electron chi connectivity index (χ0n) is 19.5. The number of aliphatic hydroxyl groups excluding tert-OH is 1. The molecule has 0 saturated carbocycles. The molecule has 0 spiro atoms. The van der Waals surface area contributed by atoms with Gasteiger partial charge in [0.25, 0.3) is 0 Å². The van der Waals surface area contributed by atoms with Gasteiger partial charge in [-0.25, -0.2) is 9.78 Å². The van der Waals surface area contributed by atoms with Gasteiger partial charge in [0.05, 0.1) is 6.04 Å². The summed E-state index contributed by atoms with van der Waals surface area (Å²) in [6.07, 6.45) is 0.346. The molecule has 9 heteroatoms. The Morgan fingerprint density at radius 2 is 1.94 bits per heavy atom. The maximum Gasteiger partial charge on any atom is 0.358 e. The van der Waals surface area contributed by atoms with Crippen LogP contribution in [0.4, 0.5) is 0 Å². The van der Waals surface area contributed by atoms with Crippen LogP contribution in [0, 0.1) is 17.8 Å². The predicted octanol–water partition coefficient (Wildman–Crippen LogP) is 5.88. The third kappa shape index (κ3) is 7.96. The van der Waals surface area contributed by atoms with Gasteiger partial charge in [-0.1, -0.05) is 69.6 Å². The Balaban J connectivity index is 2.00. The first-order valence-electron chi connectivity index (χ1n) is 11.2. The van der Waals surface area contributed by atoms with E-state index in [9.17, 15) is 14.7 Å². The highest BCUT2D eigenvalue weighted by molar-refractivity contribution is 7.09. The van der Waals surface area contributed by atoms with Crippen LogP contribution in [0.1, 0.15) is 74.1 Å². The van der Waals surface area contributed by atoms with Crippen LogP contribution in [0.3, 0.4) is 0 Å². The molecule has 1 aromatic heterocycles. The molecule has 1 heterocycles. The Labute approximate surface area is 198 Å². The van der Waals surface area contributed by atoms with Crippen molar-refractivity contribution in [3.63, 3.8) is 0 Å². The lowest BCUT2D eigenvalue weighted by molar-refractivity contribution is -0.122. The highest BCUT2D eigenvalue weighted by atomic mass is 32.1. The second kappa shape index (κ2) is 13.1. The second-order valence-electron chi connectivity index (χ2n) is 8.59. The third-order valence-electron chi connectivity index (χ3n) is 5.85. The molecule has 2 aromatic rings. The molecule has 0 saturated heterocycles. The number of nitrogens with zero attached hydrogens (tertiary/aromatic N) is 4. The molecule has 0 aliphatic heterocycles. The lowest BCUT2D eigenvalue weighted by atomic mass is 9.82. The van der Waals surface area contributed by atoms with E-state index >= 15 is 0 Å². The summed E-state index contributed by atoms with van der Waals surface area (Å²) in [4.78, 5) is 32.2. The molecular formula is C24H32N4O4S. The van der Waals surface area contributed by atoms with Gasteiger partial charge in [0, 0.05) is 16.7 Å². The van der Waals surface area contributed by atoms with E-state index < -0.39 is 18.1 Å². The highest BCUT2D eigenvalue weighted by Gasteiger charge is 2.29. The molecule has 4 atom stereocenters. The minimum Gasteiger partial charge on any atom is -0.456 e. The first kappa shape index (κ1) is 26.5. The van der Waals surface area contributed by atoms with Gasteiger partial charge < -0.3 is 9.84 Å². The van der Waals surface area contributed by atoms with Crippen molar-refractivity contribution < 1.29 is 19.4 Å². The van der Waals surface area contributed by atoms with Crippen molar-refractivity contribution in [2.45, 2.75) is 65.7 Å². The normalized spacial score (nSPS) is 14.7. The maximum absolute atomic E-state index is 12.8. The molecule has 33 heavy (non-hydrogen) atoms. The number of aromatic nitrogens is 1. The van der Waals surface area contributed by atoms with Crippen molar-refractivity contribution in [2.24, 2.45) is 22.9 Å². The smallest absolute Gasteiger partial charge is 0.358 e. The van der Waals surface area contributed by atoms with Crippen LogP contribution in [0.2, 0.25) is 0 Å². The summed E-state index contributed by atoms with van der Waals surface area (Å²) < 4.78 is 5.30. The van der Waals surface area contributed by atoms with Gasteiger partial charge in [-0.05, 0) is 35.3 Å². The van der Waals surface area contributed by atoms with Gasteiger partial charge >= 0.3 is 5.97 Å². The fourth-order valence-electron chi connectivity index (χ4n) is 3.46. The molecule has 0 amide bonds. The number of hydrogen-bond donors (Lipinski definition) is 1. The van der Waals surface area contributed by atoms with E-state index in [2.05, 4.69) is 15.0 Å². The number of azide groups is 1. The minimum atomic E-state index is -0.910. The summed E-state index contributed by atoms with van der Waals surface area (Å²) in [6.45, 7) is 7.97. The Morgan fingerprint density at radius 3 is 2.55 bits per heavy atom. The van der Waals surface area contributed by atoms with Gasteiger partial charge in [0.1, 0.15) is 23.5 Å². The van der Waals surface area contributed by atoms with E-state index in [0.29, 0.717) is 11.4 Å². The zero-order valence-corrected chi connectivity index (χ0v) is 20.4. The van der Waals surface area contributed by atoms with Gasteiger partial charge in [0.15, 0.2) is 5.69 Å². The molecule has 0 fully saturated rings. The number of esters is 1. The van der Waals surface area contributed by atoms with Crippen LogP contribution < -0.4 is 0 Å². The van der Waals surface area contributed by atoms with Gasteiger partial charge in [-0.2, -0.15) is 0 Å². The Hall–Kier alpha value is -2.74. The molecule has 178 valence electrons. The number of benzene rings is 1. The van der Waals surface area contributed by atoms with Crippen molar-refractivity contribution in [2.75, 3.05) is 0 Å². The van der Waals surface area contributed by atoms with Crippen LogP contribution in [-0.2, 0) is 16.1 Å². The lowest BCUT2D eigenvalue weighted by Crippen LogP contribution is -2.29. The standard InChI is InChI=1S/C24H32N4O4S/c1-5-16(4)22(27-28-25)20(29)11-18(15(2)3)12-21(30)23-26-19(14-33-23)24(31)32-13-17-9-7-6-8-10-17/h6-10,14-16,18,21-22,30H,5,11-13H2,1-4H3/t16-,18+,21+,22-/m0/s1. The zero-order chi connectivity index (χ0) is 24.4. The molecule has 0 aliphatic carbocycles. The van der Waals surface area contributed by atoms with E-state index in [-0.39, 0.29) is 42.3 Å². The number of rotatable bonds is 13. The van der Waals surface area contributed by atoms with Crippen LogP contribution in [0.25, 0.3) is 10.4 Å². The summed E-state index contributed by atoms with van der Waals surface area (Å²) in [5.41, 5.74) is 9.87. The number of aliphatic hydroxyl groups is 1. The Bertz CT molecular complexity index is 956. The average molecular weight is 473 g/mol. The summed E-state index contributed by atoms with van der Waals surface area (Å²) >= 11 is 1.19. The molecule has 0 bridgehead atoms. The molecule has 1 N–H and O–H groups in total. The van der Waals surface area contributed by atoms with Crippen LogP contribution in [0.15, 0.2) is 40.8 Å². The Kier molecular flexibility index (Phi) is 10.5. The van der Waals surface area contributed by atoms with Crippen LogP contribution >= 0.6 is 11.3 Å². The number of ether oxygens (including phenoxy) is 1. The largest absolute Gasteiger partial charge is 0.456 e. The van der Waals surface area contributed by atoms with E-state index in [0.717, 1.165) is 12.0 Å². The summed E-state index contributed by atoms with van der Waals surface area (Å²) in [6, 6.07) is 8.65.